The highest BCUT2D eigenvalue weighted by atomic mass is 32.3. The van der Waals surface area contributed by atoms with Crippen LogP contribution in [0.4, 0.5) is 26.3 Å². The molecule has 0 atom stereocenters. The number of halogens is 6. The fraction of sp³-hybridized carbons (Fsp3) is 1.00. The second-order valence-corrected chi connectivity index (χ2v) is 7.15. The molecule has 0 saturated heterocycles. The van der Waals surface area contributed by atoms with Gasteiger partial charge in [-0.05, 0) is 20.8 Å². The lowest BCUT2D eigenvalue weighted by Gasteiger charge is -2.22. The van der Waals surface area contributed by atoms with Gasteiger partial charge in [-0.25, -0.2) is 16.8 Å². The van der Waals surface area contributed by atoms with Gasteiger partial charge in [0.15, 0.2) is 20.0 Å². The van der Waals surface area contributed by atoms with E-state index in [0.29, 0.717) is 0 Å². The summed E-state index contributed by atoms with van der Waals surface area (Å²) in [6, 6.07) is 0. The minimum Gasteiger partial charge on any atom is -0.421 e. The van der Waals surface area contributed by atoms with Gasteiger partial charge in [-0.1, -0.05) is 0 Å². The molecule has 0 heterocycles. The molecule has 0 rings (SSSR count). The molecule has 6 nitrogen and oxygen atoms in total. The van der Waals surface area contributed by atoms with Gasteiger partial charge >= 0.3 is 11.0 Å². The normalized spacial score (nSPS) is 13.7. The molecule has 0 aliphatic carbocycles. The van der Waals surface area contributed by atoms with Crippen LogP contribution in [-0.2, 0) is 20.0 Å². The van der Waals surface area contributed by atoms with Crippen LogP contribution in [0.15, 0.2) is 0 Å². The third kappa shape index (κ3) is 7.60. The molecule has 0 aliphatic rings. The highest BCUT2D eigenvalue weighted by Crippen LogP contribution is 2.36. The highest BCUT2D eigenvalue weighted by molar-refractivity contribution is 8.13. The summed E-state index contributed by atoms with van der Waals surface area (Å²) in [7, 11) is -13.4. The maximum Gasteiger partial charge on any atom is 0.480 e. The zero-order valence-electron chi connectivity index (χ0n) is 11.8. The van der Waals surface area contributed by atoms with Gasteiger partial charge in [-0.15, -0.1) is 0 Å². The number of quaternary nitrogens is 1. The van der Waals surface area contributed by atoms with Crippen molar-refractivity contribution in [3.8, 4) is 0 Å². The topological polar surface area (TPSA) is 86.8 Å². The lowest BCUT2D eigenvalue weighted by atomic mass is 10.5. The second kappa shape index (κ2) is 8.31. The molecule has 0 aromatic carbocycles. The standard InChI is InChI=1S/C6H15N.C2F6NO4S2/c1-4-7(5-2)6-3;3-1(4,5)14(10,11)9-15(12,13)2(6,7)8/h4-6H2,1-3H3;/q;-1/p+1. The van der Waals surface area contributed by atoms with E-state index >= 15 is 0 Å². The molecule has 0 spiro atoms. The number of nitrogens with one attached hydrogen (secondary N) is 1. The molecular formula is C8H16F6N2O4S2. The fourth-order valence-electron chi connectivity index (χ4n) is 0.964. The van der Waals surface area contributed by atoms with Crippen LogP contribution in [0.2, 0.25) is 0 Å². The summed E-state index contributed by atoms with van der Waals surface area (Å²) in [5.74, 6) is 0. The average molecular weight is 382 g/mol. The predicted molar refractivity (Wildman–Crippen MR) is 65.9 cm³/mol. The lowest BCUT2D eigenvalue weighted by molar-refractivity contribution is -0.894. The Hall–Kier alpha value is -0.600. The Morgan fingerprint density at radius 2 is 0.955 bits per heavy atom. The van der Waals surface area contributed by atoms with Gasteiger partial charge in [-0.2, -0.15) is 26.3 Å². The number of hydrogen-bond donors (Lipinski definition) is 1. The van der Waals surface area contributed by atoms with Gasteiger partial charge in [0.05, 0.1) is 19.6 Å². The van der Waals surface area contributed by atoms with E-state index in [1.54, 1.807) is 4.90 Å². The minimum atomic E-state index is -6.72. The first-order chi connectivity index (χ1) is 9.55. The maximum absolute atomic E-state index is 11.4. The molecule has 22 heavy (non-hydrogen) atoms. The van der Waals surface area contributed by atoms with Crippen molar-refractivity contribution in [3.05, 3.63) is 4.13 Å². The van der Waals surface area contributed by atoms with Gasteiger partial charge in [0.1, 0.15) is 0 Å². The van der Waals surface area contributed by atoms with Gasteiger partial charge in [0.25, 0.3) is 0 Å². The maximum atomic E-state index is 11.4. The quantitative estimate of drug-likeness (QED) is 0.719. The molecule has 0 aromatic rings. The fourth-order valence-corrected chi connectivity index (χ4v) is 2.67. The molecular weight excluding hydrogens is 366 g/mol. The van der Waals surface area contributed by atoms with Crippen LogP contribution in [0.1, 0.15) is 20.8 Å². The highest BCUT2D eigenvalue weighted by Gasteiger charge is 2.46. The number of sulfonamides is 2. The van der Waals surface area contributed by atoms with Crippen molar-refractivity contribution >= 4 is 20.0 Å². The van der Waals surface area contributed by atoms with Crippen LogP contribution in [0.5, 0.6) is 0 Å². The first-order valence-corrected chi connectivity index (χ1v) is 8.64. The molecule has 0 aromatic heterocycles. The largest absolute Gasteiger partial charge is 0.480 e. The Morgan fingerprint density at radius 3 is 1.05 bits per heavy atom. The van der Waals surface area contributed by atoms with Gasteiger partial charge in [-0.3, -0.25) is 0 Å². The van der Waals surface area contributed by atoms with E-state index in [4.69, 9.17) is 0 Å². The summed E-state index contributed by atoms with van der Waals surface area (Å²) in [5.41, 5.74) is -12.4. The average Bonchev–Trinajstić information content (AvgIpc) is 2.27. The van der Waals surface area contributed by atoms with Crippen LogP contribution in [-0.4, -0.2) is 47.5 Å². The number of nitrogens with zero attached hydrogens (tertiary/aromatic N) is 1. The SMILES string of the molecule is CC[NH+](CC)CC.O=S(=O)([N-]S(=O)(=O)C(F)(F)F)C(F)(F)F. The Bertz CT molecular complexity index is 474. The molecule has 0 amide bonds. The van der Waals surface area contributed by atoms with Gasteiger partial charge in [0.2, 0.25) is 0 Å². The van der Waals surface area contributed by atoms with E-state index in [0.717, 1.165) is 4.13 Å². The summed E-state index contributed by atoms with van der Waals surface area (Å²) in [5, 5.41) is 0. The molecule has 1 N–H and O–H groups in total. The second-order valence-electron chi connectivity index (χ2n) is 3.73. The predicted octanol–water partition coefficient (Wildman–Crippen LogP) is 0.990. The summed E-state index contributed by atoms with van der Waals surface area (Å²) >= 11 is 0. The summed E-state index contributed by atoms with van der Waals surface area (Å²) < 4.78 is 109. The van der Waals surface area contributed by atoms with Crippen molar-refractivity contribution in [2.24, 2.45) is 0 Å². The Labute approximate surface area is 124 Å². The van der Waals surface area contributed by atoms with Gasteiger partial charge < -0.3 is 9.03 Å². The summed E-state index contributed by atoms with van der Waals surface area (Å²) in [6.07, 6.45) is 0. The molecule has 0 fully saturated rings. The van der Waals surface area contributed by atoms with Crippen molar-refractivity contribution in [2.75, 3.05) is 19.6 Å². The summed E-state index contributed by atoms with van der Waals surface area (Å²) in [6.45, 7) is 10.5. The smallest absolute Gasteiger partial charge is 0.421 e. The molecule has 14 heteroatoms. The third-order valence-electron chi connectivity index (χ3n) is 2.28. The van der Waals surface area contributed by atoms with Crippen LogP contribution in [0.25, 0.3) is 4.13 Å². The number of rotatable bonds is 5. The van der Waals surface area contributed by atoms with E-state index in [1.165, 1.54) is 19.6 Å². The molecule has 136 valence electrons. The molecule has 0 saturated carbocycles. The van der Waals surface area contributed by atoms with Gasteiger partial charge in [0, 0.05) is 0 Å². The monoisotopic (exact) mass is 382 g/mol. The Morgan fingerprint density at radius 1 is 0.727 bits per heavy atom. The van der Waals surface area contributed by atoms with E-state index in [1.807, 2.05) is 0 Å². The van der Waals surface area contributed by atoms with Crippen molar-refractivity contribution in [2.45, 2.75) is 31.8 Å². The molecule has 0 radical (unpaired) electrons. The van der Waals surface area contributed by atoms with Crippen molar-refractivity contribution in [1.29, 1.82) is 0 Å². The zero-order valence-corrected chi connectivity index (χ0v) is 13.4. The van der Waals surface area contributed by atoms with E-state index in [-0.39, 0.29) is 0 Å². The molecule has 0 aliphatic heterocycles. The first kappa shape index (κ1) is 23.7. The van der Waals surface area contributed by atoms with E-state index < -0.39 is 31.1 Å². The van der Waals surface area contributed by atoms with Crippen LogP contribution in [0.3, 0.4) is 0 Å². The first-order valence-electron chi connectivity index (χ1n) is 5.76. The van der Waals surface area contributed by atoms with Crippen molar-refractivity contribution < 1.29 is 48.1 Å². The zero-order chi connectivity index (χ0) is 18.4. The van der Waals surface area contributed by atoms with Crippen LogP contribution >= 0.6 is 0 Å². The number of hydrogen-bond acceptors (Lipinski definition) is 4. The lowest BCUT2D eigenvalue weighted by Crippen LogP contribution is -3.11. The molecule has 0 unspecified atom stereocenters. The van der Waals surface area contributed by atoms with Crippen LogP contribution in [0, 0.1) is 0 Å². The Kier molecular flexibility index (Phi) is 8.94. The summed E-state index contributed by atoms with van der Waals surface area (Å²) in [4.78, 5) is 1.68. The number of alkyl halides is 6. The van der Waals surface area contributed by atoms with E-state index in [2.05, 4.69) is 20.8 Å². The molecule has 0 bridgehead atoms. The van der Waals surface area contributed by atoms with E-state index in [9.17, 15) is 43.2 Å². The van der Waals surface area contributed by atoms with Crippen LogP contribution < -0.4 is 4.90 Å². The van der Waals surface area contributed by atoms with Crippen molar-refractivity contribution in [1.82, 2.24) is 0 Å². The Balaban J connectivity index is 0. The minimum absolute atomic E-state index is 0.778. The third-order valence-corrected chi connectivity index (χ3v) is 5.02. The van der Waals surface area contributed by atoms with Crippen molar-refractivity contribution in [3.63, 3.8) is 0 Å².